The number of para-hydroxylation sites is 1. The smallest absolute Gasteiger partial charge is 0.261 e. The molecule has 0 bridgehead atoms. The number of aryl methyl sites for hydroxylation is 1. The van der Waals surface area contributed by atoms with Gasteiger partial charge < -0.3 is 4.52 Å². The predicted octanol–water partition coefficient (Wildman–Crippen LogP) is 3.12. The van der Waals surface area contributed by atoms with Crippen molar-refractivity contribution < 1.29 is 4.52 Å². The second kappa shape index (κ2) is 6.01. The van der Waals surface area contributed by atoms with Gasteiger partial charge in [-0.2, -0.15) is 16.3 Å². The van der Waals surface area contributed by atoms with E-state index in [1.54, 1.807) is 22.0 Å². The van der Waals surface area contributed by atoms with E-state index in [1.165, 1.54) is 0 Å². The molecular formula is C17H14N4O2S. The van der Waals surface area contributed by atoms with Crippen molar-refractivity contribution in [2.24, 2.45) is 0 Å². The molecule has 0 atom stereocenters. The Hall–Kier alpha value is -2.80. The van der Waals surface area contributed by atoms with Gasteiger partial charge in [0.2, 0.25) is 0 Å². The fourth-order valence-electron chi connectivity index (χ4n) is 2.61. The van der Waals surface area contributed by atoms with Crippen LogP contribution in [-0.4, -0.2) is 19.7 Å². The van der Waals surface area contributed by atoms with Crippen molar-refractivity contribution in [3.63, 3.8) is 0 Å². The molecule has 0 aliphatic carbocycles. The SMILES string of the molecule is CCc1nc2ccccc2c(=O)n1Cc1noc(-c2ccsc2)n1. The fourth-order valence-corrected chi connectivity index (χ4v) is 3.24. The first-order valence-electron chi connectivity index (χ1n) is 7.60. The van der Waals surface area contributed by atoms with Crippen LogP contribution in [0.2, 0.25) is 0 Å². The minimum Gasteiger partial charge on any atom is -0.334 e. The highest BCUT2D eigenvalue weighted by Crippen LogP contribution is 2.20. The Balaban J connectivity index is 1.77. The number of rotatable bonds is 4. The monoisotopic (exact) mass is 338 g/mol. The van der Waals surface area contributed by atoms with Crippen molar-refractivity contribution in [2.45, 2.75) is 19.9 Å². The Morgan fingerprint density at radius 1 is 1.21 bits per heavy atom. The van der Waals surface area contributed by atoms with Crippen LogP contribution in [0.1, 0.15) is 18.6 Å². The van der Waals surface area contributed by atoms with Crippen molar-refractivity contribution in [3.8, 4) is 11.5 Å². The van der Waals surface area contributed by atoms with Crippen LogP contribution in [0.15, 0.2) is 50.4 Å². The summed E-state index contributed by atoms with van der Waals surface area (Å²) >= 11 is 1.56. The molecule has 0 unspecified atom stereocenters. The van der Waals surface area contributed by atoms with Crippen molar-refractivity contribution in [1.29, 1.82) is 0 Å². The van der Waals surface area contributed by atoms with Gasteiger partial charge in [0.05, 0.1) is 23.0 Å². The Morgan fingerprint density at radius 2 is 2.08 bits per heavy atom. The maximum atomic E-state index is 12.8. The molecule has 0 fully saturated rings. The summed E-state index contributed by atoms with van der Waals surface area (Å²) in [5.41, 5.74) is 1.51. The topological polar surface area (TPSA) is 73.8 Å². The summed E-state index contributed by atoms with van der Waals surface area (Å²) in [5.74, 6) is 1.64. The highest BCUT2D eigenvalue weighted by Gasteiger charge is 2.14. The molecule has 1 aromatic carbocycles. The number of thiophene rings is 1. The molecule has 4 rings (SSSR count). The normalized spacial score (nSPS) is 11.2. The lowest BCUT2D eigenvalue weighted by Crippen LogP contribution is -2.26. The lowest BCUT2D eigenvalue weighted by molar-refractivity contribution is 0.419. The molecule has 24 heavy (non-hydrogen) atoms. The van der Waals surface area contributed by atoms with E-state index < -0.39 is 0 Å². The second-order valence-corrected chi connectivity index (χ2v) is 6.10. The van der Waals surface area contributed by atoms with Crippen LogP contribution < -0.4 is 5.56 Å². The molecule has 0 aliphatic heterocycles. The van der Waals surface area contributed by atoms with E-state index in [4.69, 9.17) is 4.52 Å². The highest BCUT2D eigenvalue weighted by atomic mass is 32.1. The lowest BCUT2D eigenvalue weighted by atomic mass is 10.2. The highest BCUT2D eigenvalue weighted by molar-refractivity contribution is 7.08. The van der Waals surface area contributed by atoms with E-state index in [1.807, 2.05) is 41.9 Å². The van der Waals surface area contributed by atoms with Gasteiger partial charge in [0.25, 0.3) is 11.4 Å². The first-order chi connectivity index (χ1) is 11.8. The van der Waals surface area contributed by atoms with Crippen LogP contribution in [-0.2, 0) is 13.0 Å². The molecule has 3 aromatic heterocycles. The van der Waals surface area contributed by atoms with E-state index in [9.17, 15) is 4.79 Å². The molecule has 3 heterocycles. The maximum Gasteiger partial charge on any atom is 0.261 e. The molecule has 0 aliphatic rings. The van der Waals surface area contributed by atoms with E-state index in [0.29, 0.717) is 34.9 Å². The maximum absolute atomic E-state index is 12.8. The molecule has 6 nitrogen and oxygen atoms in total. The Morgan fingerprint density at radius 3 is 2.88 bits per heavy atom. The summed E-state index contributed by atoms with van der Waals surface area (Å²) in [7, 11) is 0. The van der Waals surface area contributed by atoms with Gasteiger partial charge >= 0.3 is 0 Å². The molecule has 4 aromatic rings. The van der Waals surface area contributed by atoms with E-state index in [0.717, 1.165) is 5.56 Å². The summed E-state index contributed by atoms with van der Waals surface area (Å²) in [6.07, 6.45) is 0.648. The number of fused-ring (bicyclic) bond motifs is 1. The Labute approximate surface area is 141 Å². The molecule has 0 saturated heterocycles. The summed E-state index contributed by atoms with van der Waals surface area (Å²) in [5, 5.41) is 8.48. The predicted molar refractivity (Wildman–Crippen MR) is 92.1 cm³/mol. The summed E-state index contributed by atoms with van der Waals surface area (Å²) in [6.45, 7) is 2.22. The quantitative estimate of drug-likeness (QED) is 0.571. The number of hydrogen-bond donors (Lipinski definition) is 0. The summed E-state index contributed by atoms with van der Waals surface area (Å²) in [6, 6.07) is 9.27. The van der Waals surface area contributed by atoms with Gasteiger partial charge in [0.1, 0.15) is 5.82 Å². The number of hydrogen-bond acceptors (Lipinski definition) is 6. The third-order valence-electron chi connectivity index (χ3n) is 3.79. The van der Waals surface area contributed by atoms with Crippen molar-refractivity contribution >= 4 is 22.2 Å². The fraction of sp³-hybridized carbons (Fsp3) is 0.176. The average molecular weight is 338 g/mol. The second-order valence-electron chi connectivity index (χ2n) is 5.32. The minimum atomic E-state index is -0.0840. The van der Waals surface area contributed by atoms with Gasteiger partial charge in [-0.25, -0.2) is 4.98 Å². The molecular weight excluding hydrogens is 324 g/mol. The zero-order valence-corrected chi connectivity index (χ0v) is 13.8. The first-order valence-corrected chi connectivity index (χ1v) is 8.54. The zero-order chi connectivity index (χ0) is 16.5. The van der Waals surface area contributed by atoms with Crippen molar-refractivity contribution in [1.82, 2.24) is 19.7 Å². The van der Waals surface area contributed by atoms with Crippen LogP contribution in [0.3, 0.4) is 0 Å². The Kier molecular flexibility index (Phi) is 3.70. The van der Waals surface area contributed by atoms with E-state index in [2.05, 4.69) is 15.1 Å². The zero-order valence-electron chi connectivity index (χ0n) is 13.0. The van der Waals surface area contributed by atoms with Crippen LogP contribution >= 0.6 is 11.3 Å². The average Bonchev–Trinajstić information content (AvgIpc) is 3.28. The number of nitrogens with zero attached hydrogens (tertiary/aromatic N) is 4. The molecule has 0 amide bonds. The Bertz CT molecular complexity index is 1050. The van der Waals surface area contributed by atoms with Gasteiger partial charge in [0.15, 0.2) is 5.82 Å². The van der Waals surface area contributed by atoms with Crippen molar-refractivity contribution in [3.05, 3.63) is 63.1 Å². The number of benzene rings is 1. The van der Waals surface area contributed by atoms with Crippen LogP contribution in [0, 0.1) is 0 Å². The van der Waals surface area contributed by atoms with Gasteiger partial charge in [-0.3, -0.25) is 9.36 Å². The summed E-state index contributed by atoms with van der Waals surface area (Å²) < 4.78 is 6.91. The molecule has 0 N–H and O–H groups in total. The largest absolute Gasteiger partial charge is 0.334 e. The first kappa shape index (κ1) is 14.8. The van der Waals surface area contributed by atoms with Crippen LogP contribution in [0.4, 0.5) is 0 Å². The van der Waals surface area contributed by atoms with Gasteiger partial charge in [-0.15, -0.1) is 0 Å². The number of aromatic nitrogens is 4. The standard InChI is InChI=1S/C17H14N4O2S/c1-2-15-18-13-6-4-3-5-12(13)17(22)21(15)9-14-19-16(23-20-14)11-7-8-24-10-11/h3-8,10H,2,9H2,1H3. The van der Waals surface area contributed by atoms with E-state index >= 15 is 0 Å². The summed E-state index contributed by atoms with van der Waals surface area (Å²) in [4.78, 5) is 21.8. The molecule has 120 valence electrons. The minimum absolute atomic E-state index is 0.0840. The van der Waals surface area contributed by atoms with Gasteiger partial charge in [0, 0.05) is 11.8 Å². The van der Waals surface area contributed by atoms with E-state index in [-0.39, 0.29) is 12.1 Å². The molecule has 0 saturated carbocycles. The molecule has 7 heteroatoms. The van der Waals surface area contributed by atoms with Crippen molar-refractivity contribution in [2.75, 3.05) is 0 Å². The van der Waals surface area contributed by atoms with Gasteiger partial charge in [-0.05, 0) is 23.6 Å². The van der Waals surface area contributed by atoms with Crippen LogP contribution in [0.25, 0.3) is 22.4 Å². The van der Waals surface area contributed by atoms with Crippen LogP contribution in [0.5, 0.6) is 0 Å². The molecule has 0 spiro atoms. The molecule has 0 radical (unpaired) electrons. The van der Waals surface area contributed by atoms with Gasteiger partial charge in [-0.1, -0.05) is 24.2 Å². The lowest BCUT2D eigenvalue weighted by Gasteiger charge is -2.10. The third kappa shape index (κ3) is 2.52. The third-order valence-corrected chi connectivity index (χ3v) is 4.48.